The van der Waals surface area contributed by atoms with Crippen LogP contribution in [-0.2, 0) is 18.4 Å². The van der Waals surface area contributed by atoms with Crippen LogP contribution >= 0.6 is 0 Å². The zero-order valence-electron chi connectivity index (χ0n) is 11.3. The minimum atomic E-state index is -0.707. The van der Waals surface area contributed by atoms with Gasteiger partial charge in [0.05, 0.1) is 12.1 Å². The summed E-state index contributed by atoms with van der Waals surface area (Å²) in [6.07, 6.45) is 1.85. The zero-order valence-corrected chi connectivity index (χ0v) is 11.3. The van der Waals surface area contributed by atoms with Gasteiger partial charge in [0, 0.05) is 19.3 Å². The van der Waals surface area contributed by atoms with Gasteiger partial charge in [0.1, 0.15) is 6.54 Å². The summed E-state index contributed by atoms with van der Waals surface area (Å²) in [7, 11) is 1.35. The molecule has 0 aliphatic heterocycles. The summed E-state index contributed by atoms with van der Waals surface area (Å²) >= 11 is 0. The molecule has 1 unspecified atom stereocenters. The number of nitrogens with zero attached hydrogens (tertiary/aromatic N) is 2. The molecule has 1 heterocycles. The number of carbonyl (C=O) groups excluding carboxylic acids is 1. The van der Waals surface area contributed by atoms with Gasteiger partial charge >= 0.3 is 5.69 Å². The average molecular weight is 269 g/mol. The van der Waals surface area contributed by atoms with Crippen molar-refractivity contribution in [1.29, 1.82) is 0 Å². The highest BCUT2D eigenvalue weighted by Gasteiger charge is 2.23. The number of rotatable bonds is 5. The molecule has 1 rings (SSSR count). The number of aliphatic hydroxyl groups excluding tert-OH is 1. The molecule has 0 aliphatic carbocycles. The summed E-state index contributed by atoms with van der Waals surface area (Å²) in [5.41, 5.74) is -1.68. The molecule has 1 aromatic heterocycles. The number of amides is 1. The van der Waals surface area contributed by atoms with E-state index in [4.69, 9.17) is 0 Å². The highest BCUT2D eigenvalue weighted by atomic mass is 16.3. The van der Waals surface area contributed by atoms with E-state index in [0.29, 0.717) is 6.42 Å². The Morgan fingerprint density at radius 1 is 1.47 bits per heavy atom. The Balaban J connectivity index is 2.87. The van der Waals surface area contributed by atoms with E-state index in [1.807, 2.05) is 6.92 Å². The molecule has 0 radical (unpaired) electrons. The van der Waals surface area contributed by atoms with Crippen molar-refractivity contribution in [3.8, 4) is 0 Å². The molecule has 106 valence electrons. The topological polar surface area (TPSA) is 93.3 Å². The van der Waals surface area contributed by atoms with Crippen molar-refractivity contribution in [2.75, 3.05) is 6.61 Å². The molecule has 7 heteroatoms. The smallest absolute Gasteiger partial charge is 0.331 e. The summed E-state index contributed by atoms with van der Waals surface area (Å²) in [4.78, 5) is 34.8. The van der Waals surface area contributed by atoms with Crippen LogP contribution in [0.1, 0.15) is 20.3 Å². The van der Waals surface area contributed by atoms with Crippen LogP contribution in [0.5, 0.6) is 0 Å². The standard InChI is InChI=1S/C12H19N3O4/c1-4-12(2,8-16)13-9(17)7-15-6-5-10(18)14(3)11(15)19/h5-6,16H,4,7-8H2,1-3H3,(H,13,17). The Labute approximate surface area is 110 Å². The number of hydrogen-bond donors (Lipinski definition) is 2. The molecule has 1 atom stereocenters. The Morgan fingerprint density at radius 2 is 2.11 bits per heavy atom. The Morgan fingerprint density at radius 3 is 2.63 bits per heavy atom. The van der Waals surface area contributed by atoms with Gasteiger partial charge in [-0.15, -0.1) is 0 Å². The van der Waals surface area contributed by atoms with E-state index < -0.39 is 16.8 Å². The lowest BCUT2D eigenvalue weighted by Gasteiger charge is -2.27. The summed E-state index contributed by atoms with van der Waals surface area (Å²) in [6.45, 7) is 3.18. The third-order valence-electron chi connectivity index (χ3n) is 3.14. The molecule has 1 amide bonds. The highest BCUT2D eigenvalue weighted by Crippen LogP contribution is 2.07. The molecule has 2 N–H and O–H groups in total. The quantitative estimate of drug-likeness (QED) is 0.704. The van der Waals surface area contributed by atoms with Crippen molar-refractivity contribution in [2.24, 2.45) is 7.05 Å². The molecule has 0 saturated heterocycles. The number of carbonyl (C=O) groups is 1. The molecule has 0 bridgehead atoms. The molecule has 0 aliphatic rings. The van der Waals surface area contributed by atoms with E-state index in [-0.39, 0.29) is 19.1 Å². The Kier molecular flexibility index (Phi) is 4.66. The number of aliphatic hydroxyl groups is 1. The van der Waals surface area contributed by atoms with Crippen LogP contribution in [0.4, 0.5) is 0 Å². The SMILES string of the molecule is CCC(C)(CO)NC(=O)Cn1ccc(=O)n(C)c1=O. The van der Waals surface area contributed by atoms with Crippen LogP contribution in [0.3, 0.4) is 0 Å². The lowest BCUT2D eigenvalue weighted by atomic mass is 10.0. The van der Waals surface area contributed by atoms with Crippen molar-refractivity contribution < 1.29 is 9.90 Å². The normalized spacial score (nSPS) is 13.9. The zero-order chi connectivity index (χ0) is 14.6. The monoisotopic (exact) mass is 269 g/mol. The maximum atomic E-state index is 11.8. The van der Waals surface area contributed by atoms with E-state index in [0.717, 1.165) is 9.13 Å². The van der Waals surface area contributed by atoms with Crippen LogP contribution in [0.2, 0.25) is 0 Å². The molecule has 1 aromatic rings. The first kappa shape index (κ1) is 15.2. The fraction of sp³-hybridized carbons (Fsp3) is 0.583. The fourth-order valence-corrected chi connectivity index (χ4v) is 1.51. The first-order valence-corrected chi connectivity index (χ1v) is 6.01. The van der Waals surface area contributed by atoms with E-state index >= 15 is 0 Å². The third kappa shape index (κ3) is 3.54. The second-order valence-corrected chi connectivity index (χ2v) is 4.74. The first-order chi connectivity index (χ1) is 8.83. The molecular formula is C12H19N3O4. The summed E-state index contributed by atoms with van der Waals surface area (Å²) in [6, 6.07) is 1.22. The summed E-state index contributed by atoms with van der Waals surface area (Å²) in [5.74, 6) is -0.390. The van der Waals surface area contributed by atoms with Gasteiger partial charge in [-0.1, -0.05) is 6.92 Å². The molecule has 7 nitrogen and oxygen atoms in total. The van der Waals surface area contributed by atoms with Crippen molar-refractivity contribution in [1.82, 2.24) is 14.5 Å². The van der Waals surface area contributed by atoms with Crippen molar-refractivity contribution in [3.05, 3.63) is 33.1 Å². The predicted octanol–water partition coefficient (Wildman–Crippen LogP) is -1.18. The number of nitrogens with one attached hydrogen (secondary N) is 1. The molecule has 0 saturated carbocycles. The number of aromatic nitrogens is 2. The van der Waals surface area contributed by atoms with Gasteiger partial charge < -0.3 is 10.4 Å². The summed E-state index contributed by atoms with van der Waals surface area (Å²) in [5, 5.41) is 11.9. The van der Waals surface area contributed by atoms with Gasteiger partial charge in [0.15, 0.2) is 0 Å². The predicted molar refractivity (Wildman–Crippen MR) is 69.9 cm³/mol. The van der Waals surface area contributed by atoms with Crippen LogP contribution in [0.25, 0.3) is 0 Å². The molecular weight excluding hydrogens is 250 g/mol. The average Bonchev–Trinajstić information content (AvgIpc) is 2.39. The van der Waals surface area contributed by atoms with E-state index in [9.17, 15) is 19.5 Å². The molecule has 0 aromatic carbocycles. The molecule has 0 fully saturated rings. The molecule has 19 heavy (non-hydrogen) atoms. The second-order valence-electron chi connectivity index (χ2n) is 4.74. The van der Waals surface area contributed by atoms with Gasteiger partial charge in [-0.05, 0) is 13.3 Å². The largest absolute Gasteiger partial charge is 0.394 e. The van der Waals surface area contributed by atoms with Crippen LogP contribution in [-0.4, -0.2) is 32.3 Å². The van der Waals surface area contributed by atoms with Gasteiger partial charge in [-0.25, -0.2) is 4.79 Å². The minimum Gasteiger partial charge on any atom is -0.394 e. The third-order valence-corrected chi connectivity index (χ3v) is 3.14. The van der Waals surface area contributed by atoms with Gasteiger partial charge in [-0.2, -0.15) is 0 Å². The first-order valence-electron chi connectivity index (χ1n) is 6.01. The molecule has 0 spiro atoms. The van der Waals surface area contributed by atoms with E-state index in [1.165, 1.54) is 19.3 Å². The van der Waals surface area contributed by atoms with Gasteiger partial charge in [0.2, 0.25) is 5.91 Å². The van der Waals surface area contributed by atoms with Crippen LogP contribution in [0, 0.1) is 0 Å². The maximum Gasteiger partial charge on any atom is 0.331 e. The van der Waals surface area contributed by atoms with Crippen molar-refractivity contribution in [3.63, 3.8) is 0 Å². The Bertz CT molecular complexity index is 569. The summed E-state index contributed by atoms with van der Waals surface area (Å²) < 4.78 is 2.07. The lowest BCUT2D eigenvalue weighted by molar-refractivity contribution is -0.124. The van der Waals surface area contributed by atoms with E-state index in [2.05, 4.69) is 5.32 Å². The van der Waals surface area contributed by atoms with E-state index in [1.54, 1.807) is 6.92 Å². The lowest BCUT2D eigenvalue weighted by Crippen LogP contribution is -2.50. The van der Waals surface area contributed by atoms with Gasteiger partial charge in [-0.3, -0.25) is 18.7 Å². The maximum absolute atomic E-state index is 11.8. The van der Waals surface area contributed by atoms with Crippen LogP contribution < -0.4 is 16.6 Å². The second kappa shape index (κ2) is 5.83. The van der Waals surface area contributed by atoms with Crippen LogP contribution in [0.15, 0.2) is 21.9 Å². The number of hydrogen-bond acceptors (Lipinski definition) is 4. The Hall–Kier alpha value is -1.89. The van der Waals surface area contributed by atoms with Crippen molar-refractivity contribution >= 4 is 5.91 Å². The fourth-order valence-electron chi connectivity index (χ4n) is 1.51. The minimum absolute atomic E-state index is 0.183. The highest BCUT2D eigenvalue weighted by molar-refractivity contribution is 5.76. The van der Waals surface area contributed by atoms with Crippen molar-refractivity contribution in [2.45, 2.75) is 32.4 Å². The van der Waals surface area contributed by atoms with Gasteiger partial charge in [0.25, 0.3) is 5.56 Å².